The SMILES string of the molecule is COC(=O)c1cc2ccc(Sc3ccc(Cl)c(Cl)c3)c(-c3ccccc3)c2n1Cc1ccc(C(=O)N(C)C)cc1. The predicted molar refractivity (Wildman–Crippen MR) is 163 cm³/mol. The minimum Gasteiger partial charge on any atom is -0.464 e. The lowest BCUT2D eigenvalue weighted by molar-refractivity contribution is 0.0589. The third kappa shape index (κ3) is 5.61. The Labute approximate surface area is 247 Å². The first-order valence-electron chi connectivity index (χ1n) is 12.5. The number of benzene rings is 4. The van der Waals surface area contributed by atoms with Gasteiger partial charge in [-0.25, -0.2) is 4.79 Å². The molecule has 0 aliphatic heterocycles. The molecule has 0 radical (unpaired) electrons. The molecule has 5 nitrogen and oxygen atoms in total. The highest BCUT2D eigenvalue weighted by Crippen LogP contribution is 2.43. The summed E-state index contributed by atoms with van der Waals surface area (Å²) in [6.07, 6.45) is 0. The van der Waals surface area contributed by atoms with Crippen LogP contribution in [0.15, 0.2) is 101 Å². The van der Waals surface area contributed by atoms with E-state index in [1.807, 2.05) is 71.3 Å². The molecule has 5 rings (SSSR count). The van der Waals surface area contributed by atoms with Gasteiger partial charge in [0.2, 0.25) is 0 Å². The van der Waals surface area contributed by atoms with Crippen molar-refractivity contribution in [2.75, 3.05) is 21.2 Å². The van der Waals surface area contributed by atoms with Crippen LogP contribution < -0.4 is 0 Å². The number of fused-ring (bicyclic) bond motifs is 1. The molecule has 0 bridgehead atoms. The van der Waals surface area contributed by atoms with Crippen molar-refractivity contribution in [1.82, 2.24) is 9.47 Å². The number of rotatable bonds is 7. The van der Waals surface area contributed by atoms with Crippen LogP contribution in [-0.4, -0.2) is 42.5 Å². The van der Waals surface area contributed by atoms with Crippen molar-refractivity contribution in [1.29, 1.82) is 0 Å². The standard InChI is InChI=1S/C32H26Cl2N2O3S/c1-35(2)31(37)22-11-9-20(10-12-22)19-36-27(32(38)39-3)17-23-13-16-28(40-24-14-15-25(33)26(34)18-24)29(30(23)36)21-7-5-4-6-8-21/h4-18H,19H2,1-3H3. The molecule has 0 saturated carbocycles. The Hall–Kier alpha value is -3.71. The molecule has 5 aromatic rings. The molecule has 0 atom stereocenters. The molecule has 40 heavy (non-hydrogen) atoms. The second-order valence-corrected chi connectivity index (χ2v) is 11.4. The number of carbonyl (C=O) groups excluding carboxylic acids is 2. The molecule has 202 valence electrons. The van der Waals surface area contributed by atoms with Crippen LogP contribution in [0.2, 0.25) is 10.0 Å². The van der Waals surface area contributed by atoms with E-state index in [9.17, 15) is 9.59 Å². The van der Waals surface area contributed by atoms with Crippen molar-refractivity contribution < 1.29 is 14.3 Å². The van der Waals surface area contributed by atoms with E-state index in [0.717, 1.165) is 37.4 Å². The average Bonchev–Trinajstić information content (AvgIpc) is 3.33. The Kier molecular flexibility index (Phi) is 8.22. The number of nitrogens with zero attached hydrogens (tertiary/aromatic N) is 2. The summed E-state index contributed by atoms with van der Waals surface area (Å²) >= 11 is 14.1. The van der Waals surface area contributed by atoms with Gasteiger partial charge in [-0.15, -0.1) is 0 Å². The molecule has 1 amide bonds. The summed E-state index contributed by atoms with van der Waals surface area (Å²) in [6.45, 7) is 0.408. The maximum atomic E-state index is 13.0. The van der Waals surface area contributed by atoms with E-state index in [1.165, 1.54) is 7.11 Å². The lowest BCUT2D eigenvalue weighted by Gasteiger charge is -2.17. The maximum absolute atomic E-state index is 13.0. The van der Waals surface area contributed by atoms with E-state index < -0.39 is 5.97 Å². The fraction of sp³-hybridized carbons (Fsp3) is 0.125. The van der Waals surface area contributed by atoms with Crippen molar-refractivity contribution >= 4 is 57.7 Å². The largest absolute Gasteiger partial charge is 0.464 e. The fourth-order valence-electron chi connectivity index (χ4n) is 4.61. The Bertz CT molecular complexity index is 1710. The number of aromatic nitrogens is 1. The van der Waals surface area contributed by atoms with Gasteiger partial charge in [0.25, 0.3) is 5.91 Å². The number of amides is 1. The summed E-state index contributed by atoms with van der Waals surface area (Å²) in [5.41, 5.74) is 4.90. The second kappa shape index (κ2) is 11.8. The van der Waals surface area contributed by atoms with E-state index in [-0.39, 0.29) is 5.91 Å². The molecule has 0 unspecified atom stereocenters. The molecular weight excluding hydrogens is 563 g/mol. The summed E-state index contributed by atoms with van der Waals surface area (Å²) in [7, 11) is 4.84. The van der Waals surface area contributed by atoms with E-state index in [4.69, 9.17) is 27.9 Å². The van der Waals surface area contributed by atoms with Gasteiger partial charge in [0, 0.05) is 46.9 Å². The van der Waals surface area contributed by atoms with Gasteiger partial charge in [0.05, 0.1) is 22.7 Å². The minimum atomic E-state index is -0.423. The van der Waals surface area contributed by atoms with Crippen LogP contribution in [0.3, 0.4) is 0 Å². The van der Waals surface area contributed by atoms with Gasteiger partial charge in [0.15, 0.2) is 0 Å². The van der Waals surface area contributed by atoms with Crippen molar-refractivity contribution in [3.63, 3.8) is 0 Å². The Morgan fingerprint density at radius 2 is 1.60 bits per heavy atom. The predicted octanol–water partition coefficient (Wildman–Crippen LogP) is 8.30. The highest BCUT2D eigenvalue weighted by molar-refractivity contribution is 7.99. The van der Waals surface area contributed by atoms with E-state index in [2.05, 4.69) is 18.2 Å². The summed E-state index contributed by atoms with van der Waals surface area (Å²) < 4.78 is 7.17. The number of halogens is 2. The van der Waals surface area contributed by atoms with Gasteiger partial charge in [-0.2, -0.15) is 0 Å². The molecular formula is C32H26Cl2N2O3S. The van der Waals surface area contributed by atoms with Gasteiger partial charge in [-0.05, 0) is 53.6 Å². The number of hydrogen-bond donors (Lipinski definition) is 0. The highest BCUT2D eigenvalue weighted by Gasteiger charge is 2.22. The molecule has 0 spiro atoms. The van der Waals surface area contributed by atoms with Gasteiger partial charge in [-0.3, -0.25) is 4.79 Å². The fourth-order valence-corrected chi connectivity index (χ4v) is 5.99. The molecule has 1 heterocycles. The molecule has 0 N–H and O–H groups in total. The van der Waals surface area contributed by atoms with Gasteiger partial charge >= 0.3 is 5.97 Å². The van der Waals surface area contributed by atoms with Crippen LogP contribution in [0.4, 0.5) is 0 Å². The number of hydrogen-bond acceptors (Lipinski definition) is 4. The minimum absolute atomic E-state index is 0.0662. The molecule has 0 saturated heterocycles. The second-order valence-electron chi connectivity index (χ2n) is 9.42. The van der Waals surface area contributed by atoms with Crippen molar-refractivity contribution in [2.24, 2.45) is 0 Å². The molecule has 0 aliphatic rings. The first-order valence-corrected chi connectivity index (χ1v) is 14.1. The molecule has 0 aliphatic carbocycles. The van der Waals surface area contributed by atoms with Crippen molar-refractivity contribution in [3.8, 4) is 11.1 Å². The zero-order valence-electron chi connectivity index (χ0n) is 22.2. The van der Waals surface area contributed by atoms with E-state index >= 15 is 0 Å². The number of methoxy groups -OCH3 is 1. The molecule has 1 aromatic heterocycles. The Morgan fingerprint density at radius 1 is 0.875 bits per heavy atom. The lowest BCUT2D eigenvalue weighted by Crippen LogP contribution is -2.21. The number of carbonyl (C=O) groups is 2. The summed E-state index contributed by atoms with van der Waals surface area (Å²) in [6, 6.07) is 29.1. The smallest absolute Gasteiger partial charge is 0.354 e. The highest BCUT2D eigenvalue weighted by atomic mass is 35.5. The van der Waals surface area contributed by atoms with Gasteiger partial charge in [-0.1, -0.05) is 83.5 Å². The number of ether oxygens (including phenoxy) is 1. The maximum Gasteiger partial charge on any atom is 0.354 e. The van der Waals surface area contributed by atoms with Gasteiger partial charge in [0.1, 0.15) is 5.69 Å². The first-order chi connectivity index (χ1) is 19.3. The van der Waals surface area contributed by atoms with Crippen LogP contribution in [0.5, 0.6) is 0 Å². The summed E-state index contributed by atoms with van der Waals surface area (Å²) in [5, 5.41) is 1.90. The third-order valence-corrected chi connectivity index (χ3v) is 8.34. The first kappa shape index (κ1) is 27.8. The lowest BCUT2D eigenvalue weighted by atomic mass is 10.0. The van der Waals surface area contributed by atoms with Crippen LogP contribution in [0, 0.1) is 0 Å². The molecule has 0 fully saturated rings. The van der Waals surface area contributed by atoms with Crippen molar-refractivity contribution in [2.45, 2.75) is 16.3 Å². The zero-order chi connectivity index (χ0) is 28.4. The average molecular weight is 590 g/mol. The molecule has 8 heteroatoms. The summed E-state index contributed by atoms with van der Waals surface area (Å²) in [4.78, 5) is 28.9. The Morgan fingerprint density at radius 3 is 2.25 bits per heavy atom. The van der Waals surface area contributed by atoms with Gasteiger partial charge < -0.3 is 14.2 Å². The van der Waals surface area contributed by atoms with E-state index in [1.54, 1.807) is 36.8 Å². The van der Waals surface area contributed by atoms with Crippen LogP contribution in [0.25, 0.3) is 22.0 Å². The quantitative estimate of drug-likeness (QED) is 0.179. The van der Waals surface area contributed by atoms with Crippen molar-refractivity contribution in [3.05, 3.63) is 118 Å². The normalized spacial score (nSPS) is 11.0. The monoisotopic (exact) mass is 588 g/mol. The third-order valence-electron chi connectivity index (χ3n) is 6.55. The van der Waals surface area contributed by atoms with E-state index in [0.29, 0.717) is 27.8 Å². The van der Waals surface area contributed by atoms with Crippen LogP contribution in [0.1, 0.15) is 26.4 Å². The topological polar surface area (TPSA) is 51.5 Å². The van der Waals surface area contributed by atoms with Crippen LogP contribution in [-0.2, 0) is 11.3 Å². The number of esters is 1. The Balaban J connectivity index is 1.70. The zero-order valence-corrected chi connectivity index (χ0v) is 24.5. The summed E-state index contributed by atoms with van der Waals surface area (Å²) in [5.74, 6) is -0.489. The molecule has 4 aromatic carbocycles. The van der Waals surface area contributed by atoms with Crippen LogP contribution >= 0.6 is 35.0 Å².